The SMILES string of the molecule is O=C(c1ccc(F)cc1O)N1CCC(Oc2cccnc2)C1. The van der Waals surface area contributed by atoms with Gasteiger partial charge in [0.05, 0.1) is 18.3 Å². The molecule has 1 unspecified atom stereocenters. The lowest BCUT2D eigenvalue weighted by Gasteiger charge is -2.17. The van der Waals surface area contributed by atoms with Crippen molar-refractivity contribution in [1.29, 1.82) is 0 Å². The highest BCUT2D eigenvalue weighted by molar-refractivity contribution is 5.97. The molecular weight excluding hydrogens is 287 g/mol. The molecule has 114 valence electrons. The molecular formula is C16H15FN2O3. The number of nitrogens with zero attached hydrogens (tertiary/aromatic N) is 2. The van der Waals surface area contributed by atoms with Crippen molar-refractivity contribution in [2.45, 2.75) is 12.5 Å². The topological polar surface area (TPSA) is 62.7 Å². The third-order valence-electron chi connectivity index (χ3n) is 3.56. The van der Waals surface area contributed by atoms with Crippen LogP contribution in [-0.4, -0.2) is 40.1 Å². The largest absolute Gasteiger partial charge is 0.507 e. The van der Waals surface area contributed by atoms with Gasteiger partial charge in [-0.05, 0) is 24.3 Å². The van der Waals surface area contributed by atoms with Gasteiger partial charge in [0.2, 0.25) is 0 Å². The second-order valence-electron chi connectivity index (χ2n) is 5.13. The van der Waals surface area contributed by atoms with E-state index in [4.69, 9.17) is 4.74 Å². The van der Waals surface area contributed by atoms with Crippen molar-refractivity contribution in [1.82, 2.24) is 9.88 Å². The highest BCUT2D eigenvalue weighted by Gasteiger charge is 2.29. The number of aromatic hydroxyl groups is 1. The molecule has 6 heteroatoms. The Labute approximate surface area is 127 Å². The Morgan fingerprint density at radius 2 is 2.27 bits per heavy atom. The van der Waals surface area contributed by atoms with Crippen LogP contribution in [-0.2, 0) is 0 Å². The van der Waals surface area contributed by atoms with Crippen molar-refractivity contribution < 1.29 is 19.0 Å². The zero-order chi connectivity index (χ0) is 15.5. The number of amides is 1. The van der Waals surface area contributed by atoms with E-state index in [1.54, 1.807) is 23.4 Å². The van der Waals surface area contributed by atoms with Gasteiger partial charge < -0.3 is 14.7 Å². The molecule has 1 atom stereocenters. The van der Waals surface area contributed by atoms with Crippen molar-refractivity contribution in [2.75, 3.05) is 13.1 Å². The second-order valence-corrected chi connectivity index (χ2v) is 5.13. The number of ether oxygens (including phenoxy) is 1. The molecule has 5 nitrogen and oxygen atoms in total. The molecule has 0 aliphatic carbocycles. The fraction of sp³-hybridized carbons (Fsp3) is 0.250. The van der Waals surface area contributed by atoms with Crippen LogP contribution in [0.1, 0.15) is 16.8 Å². The first-order valence-electron chi connectivity index (χ1n) is 6.98. The minimum absolute atomic E-state index is 0.100. The summed E-state index contributed by atoms with van der Waals surface area (Å²) >= 11 is 0. The smallest absolute Gasteiger partial charge is 0.257 e. The second kappa shape index (κ2) is 6.01. The number of aromatic nitrogens is 1. The average Bonchev–Trinajstić information content (AvgIpc) is 2.96. The van der Waals surface area contributed by atoms with Crippen molar-refractivity contribution in [3.05, 3.63) is 54.1 Å². The molecule has 0 spiro atoms. The molecule has 0 bridgehead atoms. The average molecular weight is 302 g/mol. The third kappa shape index (κ3) is 3.00. The molecule has 1 fully saturated rings. The summed E-state index contributed by atoms with van der Waals surface area (Å²) in [5.74, 6) is -0.587. The number of pyridine rings is 1. The van der Waals surface area contributed by atoms with E-state index in [9.17, 15) is 14.3 Å². The van der Waals surface area contributed by atoms with E-state index in [2.05, 4.69) is 4.98 Å². The van der Waals surface area contributed by atoms with Gasteiger partial charge in [-0.15, -0.1) is 0 Å². The Morgan fingerprint density at radius 3 is 3.00 bits per heavy atom. The van der Waals surface area contributed by atoms with Crippen LogP contribution in [0.2, 0.25) is 0 Å². The minimum Gasteiger partial charge on any atom is -0.507 e. The number of phenolic OH excluding ortho intramolecular Hbond substituents is 1. The molecule has 3 rings (SSSR count). The van der Waals surface area contributed by atoms with Gasteiger partial charge in [-0.25, -0.2) is 4.39 Å². The number of halogens is 1. The molecule has 1 saturated heterocycles. The Hall–Kier alpha value is -2.63. The van der Waals surface area contributed by atoms with E-state index in [0.717, 1.165) is 12.1 Å². The molecule has 1 aliphatic heterocycles. The lowest BCUT2D eigenvalue weighted by Crippen LogP contribution is -2.31. The Morgan fingerprint density at radius 1 is 1.41 bits per heavy atom. The normalized spacial score (nSPS) is 17.5. The predicted molar refractivity (Wildman–Crippen MR) is 77.2 cm³/mol. The van der Waals surface area contributed by atoms with Gasteiger partial charge in [-0.1, -0.05) is 0 Å². The first-order valence-corrected chi connectivity index (χ1v) is 6.98. The number of likely N-dealkylation sites (tertiary alicyclic amines) is 1. The van der Waals surface area contributed by atoms with E-state index in [1.807, 2.05) is 6.07 Å². The first kappa shape index (κ1) is 14.3. The van der Waals surface area contributed by atoms with Crippen LogP contribution >= 0.6 is 0 Å². The predicted octanol–water partition coefficient (Wildman–Crippen LogP) is 2.22. The van der Waals surface area contributed by atoms with Crippen LogP contribution in [0.5, 0.6) is 11.5 Å². The summed E-state index contributed by atoms with van der Waals surface area (Å²) in [6, 6.07) is 6.98. The van der Waals surface area contributed by atoms with E-state index >= 15 is 0 Å². The minimum atomic E-state index is -0.576. The van der Waals surface area contributed by atoms with Crippen molar-refractivity contribution in [3.8, 4) is 11.5 Å². The van der Waals surface area contributed by atoms with Gasteiger partial charge in [0, 0.05) is 25.2 Å². The van der Waals surface area contributed by atoms with Gasteiger partial charge in [-0.2, -0.15) is 0 Å². The van der Waals surface area contributed by atoms with Crippen LogP contribution in [0.3, 0.4) is 0 Å². The monoisotopic (exact) mass is 302 g/mol. The molecule has 0 radical (unpaired) electrons. The Balaban J connectivity index is 1.66. The molecule has 1 aromatic carbocycles. The quantitative estimate of drug-likeness (QED) is 0.944. The van der Waals surface area contributed by atoms with Gasteiger partial charge in [0.1, 0.15) is 23.4 Å². The van der Waals surface area contributed by atoms with Crippen molar-refractivity contribution in [2.24, 2.45) is 0 Å². The Kier molecular flexibility index (Phi) is 3.91. The maximum Gasteiger partial charge on any atom is 0.257 e. The number of carbonyl (C=O) groups excluding carboxylic acids is 1. The molecule has 2 heterocycles. The van der Waals surface area contributed by atoms with Gasteiger partial charge in [-0.3, -0.25) is 9.78 Å². The summed E-state index contributed by atoms with van der Waals surface area (Å²) in [4.78, 5) is 17.9. The van der Waals surface area contributed by atoms with Crippen molar-refractivity contribution >= 4 is 5.91 Å². The Bertz CT molecular complexity index is 678. The van der Waals surface area contributed by atoms with Crippen molar-refractivity contribution in [3.63, 3.8) is 0 Å². The number of carbonyl (C=O) groups is 1. The molecule has 1 aliphatic rings. The van der Waals surface area contributed by atoms with E-state index in [-0.39, 0.29) is 23.3 Å². The number of hydrogen-bond acceptors (Lipinski definition) is 4. The van der Waals surface area contributed by atoms with Gasteiger partial charge >= 0.3 is 0 Å². The fourth-order valence-electron chi connectivity index (χ4n) is 2.47. The zero-order valence-corrected chi connectivity index (χ0v) is 11.8. The van der Waals surface area contributed by atoms with Crippen LogP contribution in [0.15, 0.2) is 42.7 Å². The summed E-state index contributed by atoms with van der Waals surface area (Å²) in [7, 11) is 0. The van der Waals surface area contributed by atoms with Crippen LogP contribution in [0.4, 0.5) is 4.39 Å². The lowest BCUT2D eigenvalue weighted by molar-refractivity contribution is 0.0769. The van der Waals surface area contributed by atoms with Gasteiger partial charge in [0.25, 0.3) is 5.91 Å². The third-order valence-corrected chi connectivity index (χ3v) is 3.56. The number of benzene rings is 1. The molecule has 1 N–H and O–H groups in total. The molecule has 1 aromatic heterocycles. The van der Waals surface area contributed by atoms with E-state index in [1.165, 1.54) is 6.07 Å². The summed E-state index contributed by atoms with van der Waals surface area (Å²) < 4.78 is 18.7. The fourth-order valence-corrected chi connectivity index (χ4v) is 2.47. The van der Waals surface area contributed by atoms with Crippen LogP contribution in [0, 0.1) is 5.82 Å². The lowest BCUT2D eigenvalue weighted by atomic mass is 10.1. The number of hydrogen-bond donors (Lipinski definition) is 1. The number of rotatable bonds is 3. The van der Waals surface area contributed by atoms with Crippen LogP contribution in [0.25, 0.3) is 0 Å². The highest BCUT2D eigenvalue weighted by atomic mass is 19.1. The standard InChI is InChI=1S/C16H15FN2O3/c17-11-3-4-14(15(20)8-11)16(21)19-7-5-13(10-19)22-12-2-1-6-18-9-12/h1-4,6,8-9,13,20H,5,7,10H2. The van der Waals surface area contributed by atoms with E-state index in [0.29, 0.717) is 25.3 Å². The zero-order valence-electron chi connectivity index (χ0n) is 11.8. The maximum absolute atomic E-state index is 13.0. The van der Waals surface area contributed by atoms with Gasteiger partial charge in [0.15, 0.2) is 0 Å². The molecule has 2 aromatic rings. The number of phenols is 1. The van der Waals surface area contributed by atoms with E-state index < -0.39 is 5.82 Å². The first-order chi connectivity index (χ1) is 10.6. The van der Waals surface area contributed by atoms with Crippen LogP contribution < -0.4 is 4.74 Å². The molecule has 1 amide bonds. The summed E-state index contributed by atoms with van der Waals surface area (Å²) in [6.07, 6.45) is 3.86. The molecule has 0 saturated carbocycles. The molecule has 22 heavy (non-hydrogen) atoms. The highest BCUT2D eigenvalue weighted by Crippen LogP contribution is 2.23. The summed E-state index contributed by atoms with van der Waals surface area (Å²) in [5.41, 5.74) is 0.100. The maximum atomic E-state index is 13.0. The summed E-state index contributed by atoms with van der Waals surface area (Å²) in [6.45, 7) is 0.950. The summed E-state index contributed by atoms with van der Waals surface area (Å²) in [5, 5.41) is 9.70.